The van der Waals surface area contributed by atoms with Crippen LogP contribution in [0.15, 0.2) is 31.1 Å². The predicted molar refractivity (Wildman–Crippen MR) is 63.0 cm³/mol. The van der Waals surface area contributed by atoms with E-state index in [0.29, 0.717) is 19.7 Å². The second-order valence-corrected chi connectivity index (χ2v) is 4.15. The van der Waals surface area contributed by atoms with Crippen molar-refractivity contribution in [3.63, 3.8) is 0 Å². The van der Waals surface area contributed by atoms with E-state index in [0.717, 1.165) is 5.70 Å². The van der Waals surface area contributed by atoms with Gasteiger partial charge in [-0.15, -0.1) is 11.7 Å². The van der Waals surface area contributed by atoms with Crippen LogP contribution in [0.3, 0.4) is 0 Å². The monoisotopic (exact) mass is 247 g/mol. The van der Waals surface area contributed by atoms with E-state index in [9.17, 15) is 4.79 Å². The SMILES string of the molecule is C=CCON1C(=O)N2CC(n3ccnn3)=C[C@H]1C2. The van der Waals surface area contributed by atoms with Crippen LogP contribution in [0, 0.1) is 0 Å². The Morgan fingerprint density at radius 3 is 3.22 bits per heavy atom. The lowest BCUT2D eigenvalue weighted by Crippen LogP contribution is -2.33. The molecule has 0 N–H and O–H groups in total. The van der Waals surface area contributed by atoms with E-state index in [-0.39, 0.29) is 12.1 Å². The van der Waals surface area contributed by atoms with Gasteiger partial charge in [0.05, 0.1) is 37.3 Å². The number of nitrogens with zero attached hydrogens (tertiary/aromatic N) is 5. The van der Waals surface area contributed by atoms with Crippen LogP contribution in [0.25, 0.3) is 5.70 Å². The fourth-order valence-corrected chi connectivity index (χ4v) is 2.18. The zero-order chi connectivity index (χ0) is 12.5. The minimum absolute atomic E-state index is 0.0783. The highest BCUT2D eigenvalue weighted by Crippen LogP contribution is 2.26. The first-order chi connectivity index (χ1) is 8.79. The van der Waals surface area contributed by atoms with Crippen molar-refractivity contribution in [1.29, 1.82) is 0 Å². The molecule has 2 amide bonds. The van der Waals surface area contributed by atoms with Gasteiger partial charge in [-0.25, -0.2) is 9.48 Å². The van der Waals surface area contributed by atoms with E-state index < -0.39 is 0 Å². The maximum absolute atomic E-state index is 12.0. The van der Waals surface area contributed by atoms with Crippen molar-refractivity contribution >= 4 is 11.7 Å². The third kappa shape index (κ3) is 1.68. The molecule has 0 aliphatic carbocycles. The van der Waals surface area contributed by atoms with Crippen molar-refractivity contribution in [2.24, 2.45) is 0 Å². The van der Waals surface area contributed by atoms with Crippen molar-refractivity contribution in [2.75, 3.05) is 19.7 Å². The molecule has 0 radical (unpaired) electrons. The van der Waals surface area contributed by atoms with Crippen molar-refractivity contribution in [3.05, 3.63) is 31.1 Å². The third-order valence-electron chi connectivity index (χ3n) is 2.95. The molecule has 1 atom stereocenters. The standard InChI is InChI=1S/C11H13N5O2/c1-2-5-18-16-10-6-9(15-4-3-12-13-15)7-14(8-10)11(16)17/h2-4,6,10H,1,5,7-8H2/t10-/m0/s1. The van der Waals surface area contributed by atoms with E-state index >= 15 is 0 Å². The molecule has 0 spiro atoms. The van der Waals surface area contributed by atoms with E-state index in [4.69, 9.17) is 4.84 Å². The first-order valence-corrected chi connectivity index (χ1v) is 5.69. The first-order valence-electron chi connectivity index (χ1n) is 5.69. The predicted octanol–water partition coefficient (Wildman–Crippen LogP) is 0.356. The van der Waals surface area contributed by atoms with Gasteiger partial charge in [-0.3, -0.25) is 4.84 Å². The summed E-state index contributed by atoms with van der Waals surface area (Å²) in [5.41, 5.74) is 0.932. The number of rotatable bonds is 4. The van der Waals surface area contributed by atoms with Crippen molar-refractivity contribution < 1.29 is 9.63 Å². The molecule has 1 aromatic heterocycles. The molecule has 2 bridgehead atoms. The number of fused-ring (bicyclic) bond motifs is 2. The van der Waals surface area contributed by atoms with Crippen LogP contribution in [-0.2, 0) is 4.84 Å². The largest absolute Gasteiger partial charge is 0.345 e. The zero-order valence-electron chi connectivity index (χ0n) is 9.77. The van der Waals surface area contributed by atoms with Crippen LogP contribution in [0.2, 0.25) is 0 Å². The molecule has 2 aliphatic heterocycles. The number of hydroxylamine groups is 2. The number of carbonyl (C=O) groups excluding carboxylic acids is 1. The van der Waals surface area contributed by atoms with Gasteiger partial charge in [0.25, 0.3) is 0 Å². The normalized spacial score (nSPS) is 22.3. The number of amides is 2. The molecule has 0 unspecified atom stereocenters. The Kier molecular flexibility index (Phi) is 2.60. The van der Waals surface area contributed by atoms with Crippen LogP contribution >= 0.6 is 0 Å². The van der Waals surface area contributed by atoms with Gasteiger partial charge in [-0.05, 0) is 6.08 Å². The second-order valence-electron chi connectivity index (χ2n) is 4.15. The molecule has 1 aromatic rings. The summed E-state index contributed by atoms with van der Waals surface area (Å²) < 4.78 is 1.67. The average molecular weight is 247 g/mol. The number of hydrogen-bond acceptors (Lipinski definition) is 4. The van der Waals surface area contributed by atoms with E-state index in [2.05, 4.69) is 16.9 Å². The summed E-state index contributed by atoms with van der Waals surface area (Å²) in [5.74, 6) is 0. The van der Waals surface area contributed by atoms with E-state index in [1.54, 1.807) is 28.1 Å². The van der Waals surface area contributed by atoms with Gasteiger partial charge in [-0.2, -0.15) is 5.06 Å². The Morgan fingerprint density at radius 2 is 2.50 bits per heavy atom. The molecule has 1 fully saturated rings. The van der Waals surface area contributed by atoms with Gasteiger partial charge in [0, 0.05) is 6.54 Å². The summed E-state index contributed by atoms with van der Waals surface area (Å²) in [6, 6.07) is -0.196. The highest BCUT2D eigenvalue weighted by molar-refractivity contribution is 5.80. The van der Waals surface area contributed by atoms with Crippen molar-refractivity contribution in [3.8, 4) is 0 Å². The van der Waals surface area contributed by atoms with Crippen molar-refractivity contribution in [2.45, 2.75) is 6.04 Å². The molecule has 7 heteroatoms. The van der Waals surface area contributed by atoms with Crippen LogP contribution in [0.5, 0.6) is 0 Å². The molecule has 18 heavy (non-hydrogen) atoms. The lowest BCUT2D eigenvalue weighted by Gasteiger charge is -2.20. The smallest absolute Gasteiger partial charge is 0.314 e. The van der Waals surface area contributed by atoms with Crippen LogP contribution in [0.1, 0.15) is 0 Å². The quantitative estimate of drug-likeness (QED) is 0.720. The highest BCUT2D eigenvalue weighted by Gasteiger charge is 2.41. The molecular formula is C11H13N5O2. The van der Waals surface area contributed by atoms with Gasteiger partial charge in [0.15, 0.2) is 0 Å². The summed E-state index contributed by atoms with van der Waals surface area (Å²) in [6.45, 7) is 5.06. The van der Waals surface area contributed by atoms with Crippen LogP contribution in [0.4, 0.5) is 4.79 Å². The molecular weight excluding hydrogens is 234 g/mol. The summed E-state index contributed by atoms with van der Waals surface area (Å²) in [6.07, 6.45) is 6.98. The lowest BCUT2D eigenvalue weighted by atomic mass is 10.2. The van der Waals surface area contributed by atoms with E-state index in [1.807, 2.05) is 6.08 Å². The Hall–Kier alpha value is -2.15. The van der Waals surface area contributed by atoms with Crippen LogP contribution < -0.4 is 0 Å². The number of urea groups is 1. The van der Waals surface area contributed by atoms with Gasteiger partial charge >= 0.3 is 6.03 Å². The Bertz CT molecular complexity index is 496. The molecule has 94 valence electrons. The van der Waals surface area contributed by atoms with Gasteiger partial charge < -0.3 is 4.90 Å². The summed E-state index contributed by atoms with van der Waals surface area (Å²) in [7, 11) is 0. The van der Waals surface area contributed by atoms with Crippen molar-refractivity contribution in [1.82, 2.24) is 25.0 Å². The molecule has 7 nitrogen and oxygen atoms in total. The first kappa shape index (κ1) is 11.0. The lowest BCUT2D eigenvalue weighted by molar-refractivity contribution is -0.107. The zero-order valence-corrected chi connectivity index (χ0v) is 9.77. The maximum atomic E-state index is 12.0. The minimum Gasteiger partial charge on any atom is -0.314 e. The van der Waals surface area contributed by atoms with E-state index in [1.165, 1.54) is 5.06 Å². The molecule has 3 heterocycles. The summed E-state index contributed by atoms with van der Waals surface area (Å²) in [4.78, 5) is 19.1. The summed E-state index contributed by atoms with van der Waals surface area (Å²) in [5, 5.41) is 9.09. The Balaban J connectivity index is 1.83. The Labute approximate surface area is 104 Å². The molecule has 2 aliphatic rings. The minimum atomic E-state index is -0.117. The third-order valence-corrected chi connectivity index (χ3v) is 2.95. The molecule has 0 aromatic carbocycles. The Morgan fingerprint density at radius 1 is 1.61 bits per heavy atom. The topological polar surface area (TPSA) is 63.5 Å². The molecule has 3 rings (SSSR count). The van der Waals surface area contributed by atoms with Gasteiger partial charge in [0.2, 0.25) is 0 Å². The molecule has 0 saturated carbocycles. The summed E-state index contributed by atoms with van der Waals surface area (Å²) >= 11 is 0. The molecule has 1 saturated heterocycles. The van der Waals surface area contributed by atoms with Gasteiger partial charge in [0.1, 0.15) is 0 Å². The van der Waals surface area contributed by atoms with Gasteiger partial charge in [-0.1, -0.05) is 11.3 Å². The fourth-order valence-electron chi connectivity index (χ4n) is 2.18. The maximum Gasteiger partial charge on any atom is 0.345 e. The number of carbonyl (C=O) groups is 1. The average Bonchev–Trinajstić information content (AvgIpc) is 2.98. The fraction of sp³-hybridized carbons (Fsp3) is 0.364. The second kappa shape index (κ2) is 4.26. The highest BCUT2D eigenvalue weighted by atomic mass is 16.7. The number of aromatic nitrogens is 3. The number of hydrogen-bond donors (Lipinski definition) is 0. The van der Waals surface area contributed by atoms with Crippen LogP contribution in [-0.4, -0.2) is 56.7 Å².